The lowest BCUT2D eigenvalue weighted by Gasteiger charge is -2.34. The van der Waals surface area contributed by atoms with Gasteiger partial charge in [-0.15, -0.1) is 22.9 Å². The smallest absolute Gasteiger partial charge is 0.262 e. The summed E-state index contributed by atoms with van der Waals surface area (Å²) in [5, 5.41) is 2.61. The van der Waals surface area contributed by atoms with Gasteiger partial charge in [0.15, 0.2) is 5.78 Å². The fourth-order valence-electron chi connectivity index (χ4n) is 5.70. The molecule has 6 rings (SSSR count). The van der Waals surface area contributed by atoms with Crippen LogP contribution in [0.5, 0.6) is 0 Å². The van der Waals surface area contributed by atoms with Crippen LogP contribution >= 0.6 is 22.9 Å². The lowest BCUT2D eigenvalue weighted by atomic mass is 9.83. The van der Waals surface area contributed by atoms with Gasteiger partial charge in [0.25, 0.3) is 5.91 Å². The Hall–Kier alpha value is -2.36. The number of nitrogens with one attached hydrogen (secondary N) is 1. The van der Waals surface area contributed by atoms with Gasteiger partial charge in [-0.3, -0.25) is 14.4 Å². The van der Waals surface area contributed by atoms with Crippen molar-refractivity contribution in [1.82, 2.24) is 20.2 Å². The Labute approximate surface area is 218 Å². The van der Waals surface area contributed by atoms with E-state index in [1.54, 1.807) is 11.0 Å². The van der Waals surface area contributed by atoms with Gasteiger partial charge in [-0.25, -0.2) is 9.97 Å². The van der Waals surface area contributed by atoms with Crippen LogP contribution in [0.1, 0.15) is 66.4 Å². The quantitative estimate of drug-likeness (QED) is 0.575. The van der Waals surface area contributed by atoms with Crippen molar-refractivity contribution in [2.75, 3.05) is 13.2 Å². The molecule has 2 aliphatic carbocycles. The fourth-order valence-corrected chi connectivity index (χ4v) is 6.94. The van der Waals surface area contributed by atoms with Crippen molar-refractivity contribution in [3.8, 4) is 10.4 Å². The Kier molecular flexibility index (Phi) is 6.56. The minimum absolute atomic E-state index is 0.0217. The van der Waals surface area contributed by atoms with Crippen LogP contribution in [0.2, 0.25) is 0 Å². The largest absolute Gasteiger partial charge is 0.366 e. The van der Waals surface area contributed by atoms with E-state index in [0.717, 1.165) is 61.2 Å². The number of ketones is 1. The molecule has 10 heteroatoms. The second-order valence-electron chi connectivity index (χ2n) is 10.3. The van der Waals surface area contributed by atoms with Crippen LogP contribution in [0.25, 0.3) is 10.4 Å². The summed E-state index contributed by atoms with van der Waals surface area (Å²) in [4.78, 5) is 51.6. The van der Waals surface area contributed by atoms with E-state index in [-0.39, 0.29) is 36.7 Å². The average molecular weight is 529 g/mol. The van der Waals surface area contributed by atoms with Crippen LogP contribution in [-0.2, 0) is 14.3 Å². The number of nitrogens with zero attached hydrogens (tertiary/aromatic N) is 3. The molecule has 4 atom stereocenters. The summed E-state index contributed by atoms with van der Waals surface area (Å²) in [5.74, 6) is 0.776. The lowest BCUT2D eigenvalue weighted by molar-refractivity contribution is -0.139. The number of halogens is 1. The van der Waals surface area contributed by atoms with Gasteiger partial charge in [-0.05, 0) is 43.7 Å². The van der Waals surface area contributed by atoms with Crippen LogP contribution < -0.4 is 5.32 Å². The number of hydrogen-bond donors (Lipinski definition) is 1. The van der Waals surface area contributed by atoms with E-state index in [2.05, 4.69) is 15.3 Å². The number of carbonyl (C=O) groups excluding carboxylic acids is 3. The van der Waals surface area contributed by atoms with E-state index in [0.29, 0.717) is 10.8 Å². The number of amides is 2. The number of carbonyl (C=O) groups is 3. The first-order valence-corrected chi connectivity index (χ1v) is 14.1. The Morgan fingerprint density at radius 2 is 1.86 bits per heavy atom. The third-order valence-electron chi connectivity index (χ3n) is 7.81. The van der Waals surface area contributed by atoms with E-state index in [9.17, 15) is 14.4 Å². The number of Topliss-reactive ketones (excluding diaryl/α,β-unsaturated/α-hetero) is 1. The van der Waals surface area contributed by atoms with Gasteiger partial charge < -0.3 is 15.0 Å². The number of hydrogen-bond acceptors (Lipinski definition) is 7. The number of aromatic nitrogens is 2. The van der Waals surface area contributed by atoms with Gasteiger partial charge in [0, 0.05) is 35.3 Å². The van der Waals surface area contributed by atoms with Gasteiger partial charge in [0.05, 0.1) is 10.3 Å². The summed E-state index contributed by atoms with van der Waals surface area (Å²) in [6.45, 7) is 0.229. The Bertz CT molecular complexity index is 1160. The summed E-state index contributed by atoms with van der Waals surface area (Å²) in [5.41, 5.74) is 0.874. The molecule has 2 saturated carbocycles. The number of alkyl halides is 1. The van der Waals surface area contributed by atoms with Crippen molar-refractivity contribution >= 4 is 40.5 Å². The normalized spacial score (nSPS) is 27.2. The Balaban J connectivity index is 1.20. The molecular formula is C26H29ClN4O4S. The highest BCUT2D eigenvalue weighted by molar-refractivity contribution is 7.17. The molecule has 0 radical (unpaired) electrons. The minimum Gasteiger partial charge on any atom is -0.366 e. The summed E-state index contributed by atoms with van der Waals surface area (Å²) in [6, 6.07) is 2.32. The summed E-state index contributed by atoms with van der Waals surface area (Å²) >= 11 is 7.79. The zero-order valence-electron chi connectivity index (χ0n) is 19.9. The minimum atomic E-state index is -0.694. The SMILES string of the molecule is O=C(NC(C(=O)N1CC(Cl)C2OCC(=O)C21)C1CCCCC1)c1ccc(-c2cnc(C3CC3)nc2)s1. The highest BCUT2D eigenvalue weighted by atomic mass is 35.5. The molecule has 0 bridgehead atoms. The highest BCUT2D eigenvalue weighted by Crippen LogP contribution is 2.38. The molecule has 4 aliphatic rings. The van der Waals surface area contributed by atoms with Crippen LogP contribution in [0, 0.1) is 5.92 Å². The first kappa shape index (κ1) is 24.0. The lowest BCUT2D eigenvalue weighted by Crippen LogP contribution is -2.55. The molecule has 4 heterocycles. The third-order valence-corrected chi connectivity index (χ3v) is 9.33. The van der Waals surface area contributed by atoms with E-state index in [1.807, 2.05) is 18.5 Å². The Morgan fingerprint density at radius 1 is 1.11 bits per heavy atom. The maximum atomic E-state index is 13.8. The molecule has 4 unspecified atom stereocenters. The topological polar surface area (TPSA) is 101 Å². The van der Waals surface area contributed by atoms with Crippen LogP contribution in [0.4, 0.5) is 0 Å². The molecule has 2 saturated heterocycles. The van der Waals surface area contributed by atoms with Crippen LogP contribution in [0.3, 0.4) is 0 Å². The molecule has 0 aromatic carbocycles. The monoisotopic (exact) mass is 528 g/mol. The molecule has 2 aromatic rings. The molecule has 4 fully saturated rings. The van der Waals surface area contributed by atoms with Crippen LogP contribution in [-0.4, -0.2) is 69.2 Å². The van der Waals surface area contributed by atoms with E-state index < -0.39 is 23.6 Å². The van der Waals surface area contributed by atoms with Gasteiger partial charge in [0.1, 0.15) is 30.6 Å². The zero-order chi connectivity index (χ0) is 24.8. The predicted octanol–water partition coefficient (Wildman–Crippen LogP) is 3.55. The molecular weight excluding hydrogens is 500 g/mol. The fraction of sp³-hybridized carbons (Fsp3) is 0.577. The molecule has 2 amide bonds. The van der Waals surface area contributed by atoms with Crippen LogP contribution in [0.15, 0.2) is 24.5 Å². The number of fused-ring (bicyclic) bond motifs is 1. The predicted molar refractivity (Wildman–Crippen MR) is 135 cm³/mol. The van der Waals surface area contributed by atoms with E-state index in [4.69, 9.17) is 16.3 Å². The van der Waals surface area contributed by atoms with E-state index >= 15 is 0 Å². The second kappa shape index (κ2) is 9.84. The summed E-state index contributed by atoms with van der Waals surface area (Å²) in [7, 11) is 0. The first-order valence-electron chi connectivity index (χ1n) is 12.8. The van der Waals surface area contributed by atoms with E-state index in [1.165, 1.54) is 11.3 Å². The van der Waals surface area contributed by atoms with Gasteiger partial charge in [0.2, 0.25) is 5.91 Å². The molecule has 2 aliphatic heterocycles. The van der Waals surface area contributed by atoms with Crippen molar-refractivity contribution in [2.45, 2.75) is 74.4 Å². The molecule has 2 aromatic heterocycles. The molecule has 190 valence electrons. The van der Waals surface area contributed by atoms with Crippen molar-refractivity contribution in [3.05, 3.63) is 35.2 Å². The number of rotatable bonds is 6. The summed E-state index contributed by atoms with van der Waals surface area (Å²) < 4.78 is 5.55. The van der Waals surface area contributed by atoms with Crippen molar-refractivity contribution in [2.24, 2.45) is 5.92 Å². The highest BCUT2D eigenvalue weighted by Gasteiger charge is 2.53. The summed E-state index contributed by atoms with van der Waals surface area (Å²) in [6.07, 6.45) is 10.4. The number of ether oxygens (including phenoxy) is 1. The van der Waals surface area contributed by atoms with Crippen molar-refractivity contribution in [1.29, 1.82) is 0 Å². The van der Waals surface area contributed by atoms with Gasteiger partial charge >= 0.3 is 0 Å². The molecule has 8 nitrogen and oxygen atoms in total. The molecule has 1 N–H and O–H groups in total. The average Bonchev–Trinajstić information content (AvgIpc) is 3.35. The number of likely N-dealkylation sites (tertiary alicyclic amines) is 1. The molecule has 0 spiro atoms. The van der Waals surface area contributed by atoms with Gasteiger partial charge in [-0.1, -0.05) is 19.3 Å². The molecule has 36 heavy (non-hydrogen) atoms. The standard InChI is InChI=1S/C26H29ClN4O4S/c27-17-12-31(22-18(32)13-35-23(17)22)26(34)21(14-4-2-1-3-5-14)30-25(33)20-9-8-19(36-20)16-10-28-24(29-11-16)15-6-7-15/h8-11,14-15,17,21-23H,1-7,12-13H2,(H,30,33). The zero-order valence-corrected chi connectivity index (χ0v) is 21.5. The van der Waals surface area contributed by atoms with Crippen molar-refractivity contribution < 1.29 is 19.1 Å². The Morgan fingerprint density at radius 3 is 2.58 bits per heavy atom. The maximum absolute atomic E-state index is 13.8. The first-order chi connectivity index (χ1) is 17.5. The number of thiophene rings is 1. The third kappa shape index (κ3) is 4.57. The maximum Gasteiger partial charge on any atom is 0.262 e. The van der Waals surface area contributed by atoms with Gasteiger partial charge in [-0.2, -0.15) is 0 Å². The van der Waals surface area contributed by atoms with Crippen molar-refractivity contribution in [3.63, 3.8) is 0 Å². The second-order valence-corrected chi connectivity index (χ2v) is 12.0.